The molecule has 1 heterocycles. The van der Waals surface area contributed by atoms with E-state index in [1.54, 1.807) is 0 Å². The summed E-state index contributed by atoms with van der Waals surface area (Å²) in [5, 5.41) is 4.36. The molecule has 0 atom stereocenters. The Kier molecular flexibility index (Phi) is 23.0. The van der Waals surface area contributed by atoms with Crippen molar-refractivity contribution in [3.63, 3.8) is 0 Å². The van der Waals surface area contributed by atoms with Crippen LogP contribution in [-0.2, 0) is 0 Å². The highest BCUT2D eigenvalue weighted by Crippen LogP contribution is 2.41. The van der Waals surface area contributed by atoms with Crippen molar-refractivity contribution in [1.82, 2.24) is 14.7 Å². The van der Waals surface area contributed by atoms with Crippen LogP contribution in [0.3, 0.4) is 0 Å². The lowest BCUT2D eigenvalue weighted by Crippen LogP contribution is -2.29. The fourth-order valence-electron chi connectivity index (χ4n) is 5.42. The van der Waals surface area contributed by atoms with Crippen LogP contribution in [0, 0.1) is 19.8 Å². The van der Waals surface area contributed by atoms with E-state index in [4.69, 9.17) is 0 Å². The number of rotatable bonds is 16. The smallest absolute Gasteiger partial charge is 0.303 e. The quantitative estimate of drug-likeness (QED) is 0.188. The van der Waals surface area contributed by atoms with Crippen molar-refractivity contribution < 1.29 is 13.2 Å². The van der Waals surface area contributed by atoms with Crippen LogP contribution in [0.2, 0.25) is 0 Å². The van der Waals surface area contributed by atoms with E-state index in [-0.39, 0.29) is 18.9 Å². The molecule has 3 nitrogen and oxygen atoms in total. The van der Waals surface area contributed by atoms with Crippen molar-refractivity contribution in [2.45, 2.75) is 170 Å². The normalized spacial score (nSPS) is 17.4. The summed E-state index contributed by atoms with van der Waals surface area (Å²) in [6, 6.07) is 2.11. The maximum Gasteiger partial charge on any atom is 0.391 e. The van der Waals surface area contributed by atoms with Crippen LogP contribution in [0.1, 0.15) is 161 Å². The Bertz CT molecular complexity index is 650. The Morgan fingerprint density at radius 1 is 0.692 bits per heavy atom. The molecule has 6 heteroatoms. The SMILES string of the molecule is CCCCCCCCCC.CCCCCN(CCC)CCC.Cc1cc(C)n(C2CCC(C(F)(F)F)CC2)n1. The third-order valence-corrected chi connectivity index (χ3v) is 7.66. The monoisotopic (exact) mass is 560 g/mol. The Labute approximate surface area is 240 Å². The Morgan fingerprint density at radius 3 is 1.54 bits per heavy atom. The van der Waals surface area contributed by atoms with Gasteiger partial charge in [-0.2, -0.15) is 18.3 Å². The van der Waals surface area contributed by atoms with Gasteiger partial charge >= 0.3 is 6.18 Å². The molecule has 1 aliphatic carbocycles. The molecule has 0 aliphatic heterocycles. The van der Waals surface area contributed by atoms with Crippen LogP contribution in [-0.4, -0.2) is 40.5 Å². The predicted octanol–water partition coefficient (Wildman–Crippen LogP) is 11.2. The van der Waals surface area contributed by atoms with E-state index in [1.807, 2.05) is 24.6 Å². The standard InChI is InChI=1S/C12H17F3N2.C11H25N.C10H22/c1-8-7-9(2)17(16-8)11-5-3-10(4-6-11)12(13,14)15;1-4-7-8-11-12(9-5-2)10-6-3;1-3-5-7-9-10-8-6-4-2/h7,10-11H,3-6H2,1-2H3;4-11H2,1-3H3;3-10H2,1-2H3. The first-order valence-electron chi connectivity index (χ1n) is 16.5. The lowest BCUT2D eigenvalue weighted by molar-refractivity contribution is -0.183. The zero-order valence-corrected chi connectivity index (χ0v) is 26.8. The van der Waals surface area contributed by atoms with Crippen LogP contribution >= 0.6 is 0 Å². The first-order valence-corrected chi connectivity index (χ1v) is 16.5. The minimum atomic E-state index is -4.03. The number of nitrogens with zero attached hydrogens (tertiary/aromatic N) is 3. The first kappa shape index (κ1) is 38.0. The molecule has 0 saturated heterocycles. The van der Waals surface area contributed by atoms with Gasteiger partial charge in [-0.1, -0.05) is 98.8 Å². The van der Waals surface area contributed by atoms with E-state index in [2.05, 4.69) is 44.6 Å². The van der Waals surface area contributed by atoms with Gasteiger partial charge in [-0.15, -0.1) is 0 Å². The second-order valence-corrected chi connectivity index (χ2v) is 11.6. The molecule has 0 N–H and O–H groups in total. The summed E-state index contributed by atoms with van der Waals surface area (Å²) in [4.78, 5) is 2.59. The van der Waals surface area contributed by atoms with E-state index < -0.39 is 12.1 Å². The summed E-state index contributed by atoms with van der Waals surface area (Å²) in [5.41, 5.74) is 1.97. The maximum absolute atomic E-state index is 12.5. The summed E-state index contributed by atoms with van der Waals surface area (Å²) < 4.78 is 39.5. The molecule has 1 aliphatic rings. The fraction of sp³-hybridized carbons (Fsp3) is 0.909. The highest BCUT2D eigenvalue weighted by Gasteiger charge is 2.41. The average Bonchev–Trinajstić information content (AvgIpc) is 3.24. The lowest BCUT2D eigenvalue weighted by Gasteiger charge is -2.30. The molecule has 0 unspecified atom stereocenters. The molecule has 0 aromatic carbocycles. The van der Waals surface area contributed by atoms with Crippen LogP contribution in [0.15, 0.2) is 6.07 Å². The molecular formula is C33H64F3N3. The van der Waals surface area contributed by atoms with Crippen molar-refractivity contribution in [2.24, 2.45) is 5.92 Å². The molecule has 0 amide bonds. The molecular weight excluding hydrogens is 495 g/mol. The number of aromatic nitrogens is 2. The van der Waals surface area contributed by atoms with E-state index in [1.165, 1.54) is 103 Å². The average molecular weight is 560 g/mol. The number of hydrogen-bond donors (Lipinski definition) is 0. The van der Waals surface area contributed by atoms with Gasteiger partial charge in [0.2, 0.25) is 0 Å². The lowest BCUT2D eigenvalue weighted by atomic mass is 9.85. The Hall–Kier alpha value is -1.04. The number of hydrogen-bond acceptors (Lipinski definition) is 2. The van der Waals surface area contributed by atoms with Crippen molar-refractivity contribution in [2.75, 3.05) is 19.6 Å². The van der Waals surface area contributed by atoms with Gasteiger partial charge in [-0.3, -0.25) is 4.68 Å². The summed E-state index contributed by atoms with van der Waals surface area (Å²) in [6.45, 7) is 19.1. The molecule has 1 aromatic rings. The molecule has 2 rings (SSSR count). The van der Waals surface area contributed by atoms with Gasteiger partial charge in [0.1, 0.15) is 0 Å². The topological polar surface area (TPSA) is 21.1 Å². The molecule has 39 heavy (non-hydrogen) atoms. The Morgan fingerprint density at radius 2 is 1.15 bits per heavy atom. The zero-order chi connectivity index (χ0) is 29.5. The van der Waals surface area contributed by atoms with Gasteiger partial charge in [-0.05, 0) is 84.5 Å². The highest BCUT2D eigenvalue weighted by molar-refractivity contribution is 5.08. The predicted molar refractivity (Wildman–Crippen MR) is 164 cm³/mol. The van der Waals surface area contributed by atoms with E-state index >= 15 is 0 Å². The second kappa shape index (κ2) is 23.6. The van der Waals surface area contributed by atoms with Crippen molar-refractivity contribution in [3.05, 3.63) is 17.5 Å². The van der Waals surface area contributed by atoms with Crippen molar-refractivity contribution >= 4 is 0 Å². The number of aryl methyl sites for hydroxylation is 2. The molecule has 0 spiro atoms. The maximum atomic E-state index is 12.5. The summed E-state index contributed by atoms with van der Waals surface area (Å²) in [5.74, 6) is -1.12. The molecule has 1 aromatic heterocycles. The minimum absolute atomic E-state index is 0.141. The van der Waals surface area contributed by atoms with Gasteiger partial charge in [0, 0.05) is 5.69 Å². The van der Waals surface area contributed by atoms with Gasteiger partial charge in [0.15, 0.2) is 0 Å². The summed E-state index contributed by atoms with van der Waals surface area (Å²) >= 11 is 0. The van der Waals surface area contributed by atoms with Crippen LogP contribution in [0.5, 0.6) is 0 Å². The van der Waals surface area contributed by atoms with Gasteiger partial charge in [0.05, 0.1) is 17.7 Å². The van der Waals surface area contributed by atoms with E-state index in [9.17, 15) is 13.2 Å². The third-order valence-electron chi connectivity index (χ3n) is 7.66. The number of halogens is 3. The zero-order valence-electron chi connectivity index (χ0n) is 26.8. The second-order valence-electron chi connectivity index (χ2n) is 11.6. The summed E-state index contributed by atoms with van der Waals surface area (Å²) in [7, 11) is 0. The first-order chi connectivity index (χ1) is 18.6. The molecule has 232 valence electrons. The van der Waals surface area contributed by atoms with E-state index in [0.29, 0.717) is 12.8 Å². The van der Waals surface area contributed by atoms with Gasteiger partial charge in [0.25, 0.3) is 0 Å². The van der Waals surface area contributed by atoms with Gasteiger partial charge in [-0.25, -0.2) is 0 Å². The largest absolute Gasteiger partial charge is 0.391 e. The summed E-state index contributed by atoms with van der Waals surface area (Å²) in [6.07, 6.45) is 15.8. The molecule has 0 bridgehead atoms. The third kappa shape index (κ3) is 18.8. The van der Waals surface area contributed by atoms with Crippen molar-refractivity contribution in [1.29, 1.82) is 0 Å². The van der Waals surface area contributed by atoms with Crippen LogP contribution < -0.4 is 0 Å². The highest BCUT2D eigenvalue weighted by atomic mass is 19.4. The van der Waals surface area contributed by atoms with Crippen LogP contribution in [0.4, 0.5) is 13.2 Å². The molecule has 1 fully saturated rings. The van der Waals surface area contributed by atoms with Gasteiger partial charge < -0.3 is 4.90 Å². The van der Waals surface area contributed by atoms with Crippen LogP contribution in [0.25, 0.3) is 0 Å². The molecule has 0 radical (unpaired) electrons. The van der Waals surface area contributed by atoms with E-state index in [0.717, 1.165) is 11.4 Å². The Balaban J connectivity index is 0.000000584. The molecule has 1 saturated carbocycles. The minimum Gasteiger partial charge on any atom is -0.303 e. The van der Waals surface area contributed by atoms with Crippen molar-refractivity contribution in [3.8, 4) is 0 Å². The number of unbranched alkanes of at least 4 members (excludes halogenated alkanes) is 9. The number of alkyl halides is 3. The fourth-order valence-corrected chi connectivity index (χ4v) is 5.42.